The molecule has 2 amide bonds. The minimum atomic E-state index is -0.0400. The molecule has 0 spiro atoms. The molecule has 0 unspecified atom stereocenters. The molecule has 0 bridgehead atoms. The fraction of sp³-hybridized carbons (Fsp3) is 0.381. The van der Waals surface area contributed by atoms with Gasteiger partial charge in [-0.15, -0.1) is 0 Å². The zero-order valence-electron chi connectivity index (χ0n) is 15.8. The van der Waals surface area contributed by atoms with E-state index in [2.05, 4.69) is 10.3 Å². The fourth-order valence-corrected chi connectivity index (χ4v) is 4.63. The van der Waals surface area contributed by atoms with Gasteiger partial charge in [-0.25, -0.2) is 4.98 Å². The van der Waals surface area contributed by atoms with Crippen LogP contribution in [-0.2, 0) is 22.6 Å². The number of nitrogens with one attached hydrogen (secondary N) is 1. The molecule has 2 aromatic rings. The van der Waals surface area contributed by atoms with E-state index in [1.54, 1.807) is 12.2 Å². The Morgan fingerprint density at radius 2 is 2.10 bits per heavy atom. The van der Waals surface area contributed by atoms with Gasteiger partial charge in [0.25, 0.3) is 0 Å². The second-order valence-corrected chi connectivity index (χ2v) is 8.55. The first-order valence-corrected chi connectivity index (χ1v) is 10.6. The number of carbonyl (C=O) groups is 2. The molecular formula is C21H21N3O4S. The molecule has 1 aromatic heterocycles. The molecule has 0 radical (unpaired) electrons. The van der Waals surface area contributed by atoms with Crippen LogP contribution in [0.3, 0.4) is 0 Å². The summed E-state index contributed by atoms with van der Waals surface area (Å²) in [5, 5.41) is 3.59. The molecule has 8 heteroatoms. The molecule has 29 heavy (non-hydrogen) atoms. The molecule has 1 N–H and O–H groups in total. The lowest BCUT2D eigenvalue weighted by molar-refractivity contribution is -0.126. The standard InChI is InChI=1S/C21H21N3O4S/c25-19(7-5-13-4-6-16-17(10-13)28-12-27-16)24-9-8-15-18(11-24)29-21(22-15)23-20(26)14-2-1-3-14/h4-7,10,14H,1-3,8-9,11-12H2,(H,22,23,26)/b7-5+. The largest absolute Gasteiger partial charge is 0.454 e. The van der Waals surface area contributed by atoms with Crippen molar-refractivity contribution >= 4 is 34.4 Å². The van der Waals surface area contributed by atoms with E-state index in [9.17, 15) is 9.59 Å². The minimum absolute atomic E-state index is 0.0400. The van der Waals surface area contributed by atoms with Crippen LogP contribution < -0.4 is 14.8 Å². The summed E-state index contributed by atoms with van der Waals surface area (Å²) in [6.07, 6.45) is 7.14. The molecular weight excluding hydrogens is 390 g/mol. The fourth-order valence-electron chi connectivity index (χ4n) is 3.60. The van der Waals surface area contributed by atoms with Crippen LogP contribution in [0.1, 0.15) is 35.4 Å². The summed E-state index contributed by atoms with van der Waals surface area (Å²) < 4.78 is 10.7. The van der Waals surface area contributed by atoms with Crippen molar-refractivity contribution in [3.05, 3.63) is 40.4 Å². The van der Waals surface area contributed by atoms with Crippen molar-refractivity contribution < 1.29 is 19.1 Å². The predicted octanol–water partition coefficient (Wildman–Crippen LogP) is 3.21. The van der Waals surface area contributed by atoms with Gasteiger partial charge in [0.2, 0.25) is 18.6 Å². The first kappa shape index (κ1) is 18.2. The van der Waals surface area contributed by atoms with E-state index in [0.717, 1.165) is 41.1 Å². The summed E-state index contributed by atoms with van der Waals surface area (Å²) in [5.41, 5.74) is 1.88. The average molecular weight is 411 g/mol. The number of carbonyl (C=O) groups excluding carboxylic acids is 2. The lowest BCUT2D eigenvalue weighted by Gasteiger charge is -2.24. The van der Waals surface area contributed by atoms with E-state index in [4.69, 9.17) is 9.47 Å². The highest BCUT2D eigenvalue weighted by atomic mass is 32.1. The smallest absolute Gasteiger partial charge is 0.246 e. The van der Waals surface area contributed by atoms with Gasteiger partial charge in [0.05, 0.1) is 12.2 Å². The maximum Gasteiger partial charge on any atom is 0.246 e. The number of hydrogen-bond donors (Lipinski definition) is 1. The predicted molar refractivity (Wildman–Crippen MR) is 109 cm³/mol. The van der Waals surface area contributed by atoms with E-state index in [1.807, 2.05) is 23.1 Å². The molecule has 0 atom stereocenters. The van der Waals surface area contributed by atoms with Gasteiger partial charge < -0.3 is 19.7 Å². The van der Waals surface area contributed by atoms with Crippen molar-refractivity contribution in [2.45, 2.75) is 32.2 Å². The number of amides is 2. The Labute approximate surface area is 172 Å². The molecule has 3 heterocycles. The molecule has 1 aliphatic carbocycles. The van der Waals surface area contributed by atoms with Crippen molar-refractivity contribution in [3.8, 4) is 11.5 Å². The van der Waals surface area contributed by atoms with Crippen molar-refractivity contribution in [1.82, 2.24) is 9.88 Å². The molecule has 1 fully saturated rings. The first-order chi connectivity index (χ1) is 14.2. The quantitative estimate of drug-likeness (QED) is 0.782. The highest BCUT2D eigenvalue weighted by Crippen LogP contribution is 2.33. The number of hydrogen-bond acceptors (Lipinski definition) is 6. The summed E-state index contributed by atoms with van der Waals surface area (Å²) in [6.45, 7) is 1.38. The van der Waals surface area contributed by atoms with E-state index in [0.29, 0.717) is 30.4 Å². The van der Waals surface area contributed by atoms with Gasteiger partial charge in [-0.05, 0) is 36.6 Å². The molecule has 7 nitrogen and oxygen atoms in total. The van der Waals surface area contributed by atoms with E-state index in [-0.39, 0.29) is 24.5 Å². The highest BCUT2D eigenvalue weighted by Gasteiger charge is 2.27. The number of fused-ring (bicyclic) bond motifs is 2. The van der Waals surface area contributed by atoms with E-state index >= 15 is 0 Å². The van der Waals surface area contributed by atoms with Crippen LogP contribution in [0, 0.1) is 5.92 Å². The van der Waals surface area contributed by atoms with E-state index in [1.165, 1.54) is 11.3 Å². The number of rotatable bonds is 4. The van der Waals surface area contributed by atoms with Gasteiger partial charge in [-0.3, -0.25) is 9.59 Å². The molecule has 0 saturated heterocycles. The number of anilines is 1. The summed E-state index contributed by atoms with van der Waals surface area (Å²) in [5.74, 6) is 1.59. The van der Waals surface area contributed by atoms with Crippen LogP contribution in [0.2, 0.25) is 0 Å². The summed E-state index contributed by atoms with van der Waals surface area (Å²) in [6, 6.07) is 5.60. The third-order valence-electron chi connectivity index (χ3n) is 5.56. The summed E-state index contributed by atoms with van der Waals surface area (Å²) in [7, 11) is 0. The van der Waals surface area contributed by atoms with Crippen LogP contribution in [0.25, 0.3) is 6.08 Å². The number of ether oxygens (including phenoxy) is 2. The third kappa shape index (κ3) is 3.72. The maximum atomic E-state index is 12.6. The van der Waals surface area contributed by atoms with Gasteiger partial charge in [0.1, 0.15) is 0 Å². The minimum Gasteiger partial charge on any atom is -0.454 e. The van der Waals surface area contributed by atoms with Crippen LogP contribution in [0.4, 0.5) is 5.13 Å². The molecule has 1 saturated carbocycles. The SMILES string of the molecule is O=C(Nc1nc2c(s1)CN(C(=O)/C=C/c1ccc3c(c1)OCO3)CC2)C1CCC1. The number of nitrogens with zero attached hydrogens (tertiary/aromatic N) is 2. The Morgan fingerprint density at radius 1 is 1.24 bits per heavy atom. The second kappa shape index (κ2) is 7.51. The lowest BCUT2D eigenvalue weighted by Crippen LogP contribution is -2.34. The third-order valence-corrected chi connectivity index (χ3v) is 6.56. The molecule has 1 aromatic carbocycles. The van der Waals surface area contributed by atoms with Crippen molar-refractivity contribution in [2.24, 2.45) is 5.92 Å². The van der Waals surface area contributed by atoms with Gasteiger partial charge in [0, 0.05) is 29.8 Å². The Balaban J connectivity index is 1.22. The second-order valence-electron chi connectivity index (χ2n) is 7.46. The maximum absolute atomic E-state index is 12.6. The first-order valence-electron chi connectivity index (χ1n) is 9.82. The van der Waals surface area contributed by atoms with E-state index < -0.39 is 0 Å². The van der Waals surface area contributed by atoms with Gasteiger partial charge in [0.15, 0.2) is 16.6 Å². The lowest BCUT2D eigenvalue weighted by atomic mass is 9.85. The average Bonchev–Trinajstić information content (AvgIpc) is 3.29. The van der Waals surface area contributed by atoms with Crippen LogP contribution >= 0.6 is 11.3 Å². The monoisotopic (exact) mass is 411 g/mol. The van der Waals surface area contributed by atoms with Crippen molar-refractivity contribution in [1.29, 1.82) is 0 Å². The van der Waals surface area contributed by atoms with Gasteiger partial charge >= 0.3 is 0 Å². The number of benzene rings is 1. The summed E-state index contributed by atoms with van der Waals surface area (Å²) in [4.78, 5) is 32.2. The zero-order valence-corrected chi connectivity index (χ0v) is 16.7. The normalized spacial score (nSPS) is 17.9. The van der Waals surface area contributed by atoms with Crippen molar-refractivity contribution in [3.63, 3.8) is 0 Å². The van der Waals surface area contributed by atoms with Crippen molar-refractivity contribution in [2.75, 3.05) is 18.7 Å². The van der Waals surface area contributed by atoms with Crippen LogP contribution in [-0.4, -0.2) is 35.0 Å². The van der Waals surface area contributed by atoms with Crippen LogP contribution in [0.5, 0.6) is 11.5 Å². The molecule has 150 valence electrons. The Kier molecular flexibility index (Phi) is 4.71. The highest BCUT2D eigenvalue weighted by molar-refractivity contribution is 7.15. The summed E-state index contributed by atoms with van der Waals surface area (Å²) >= 11 is 1.47. The molecule has 3 aliphatic rings. The van der Waals surface area contributed by atoms with Gasteiger partial charge in [-0.2, -0.15) is 0 Å². The Hall–Kier alpha value is -2.87. The molecule has 5 rings (SSSR count). The molecule has 2 aliphatic heterocycles. The van der Waals surface area contributed by atoms with Gasteiger partial charge in [-0.1, -0.05) is 23.8 Å². The number of aromatic nitrogens is 1. The number of thiazole rings is 1. The Morgan fingerprint density at radius 3 is 2.93 bits per heavy atom. The van der Waals surface area contributed by atoms with Crippen LogP contribution in [0.15, 0.2) is 24.3 Å². The topological polar surface area (TPSA) is 80.8 Å². The Bertz CT molecular complexity index is 996. The zero-order chi connectivity index (χ0) is 19.8.